The highest BCUT2D eigenvalue weighted by molar-refractivity contribution is 6.30. The molecule has 0 spiro atoms. The number of rotatable bonds is 6. The minimum atomic E-state index is 0.182. The first-order valence-corrected chi connectivity index (χ1v) is 9.96. The molecule has 1 aliphatic heterocycles. The zero-order chi connectivity index (χ0) is 19.2. The van der Waals surface area contributed by atoms with Crippen molar-refractivity contribution in [2.75, 3.05) is 44.2 Å². The molecular formula is C22H28ClN3O. The van der Waals surface area contributed by atoms with Crippen molar-refractivity contribution in [2.45, 2.75) is 20.3 Å². The van der Waals surface area contributed by atoms with Gasteiger partial charge in [0.1, 0.15) is 0 Å². The van der Waals surface area contributed by atoms with Gasteiger partial charge in [0.25, 0.3) is 0 Å². The van der Waals surface area contributed by atoms with E-state index in [0.29, 0.717) is 6.54 Å². The molecule has 144 valence electrons. The van der Waals surface area contributed by atoms with Crippen molar-refractivity contribution in [2.24, 2.45) is 0 Å². The lowest BCUT2D eigenvalue weighted by Crippen LogP contribution is -2.51. The molecule has 1 fully saturated rings. The number of hydrogen-bond acceptors (Lipinski definition) is 3. The molecule has 27 heavy (non-hydrogen) atoms. The second-order valence-electron chi connectivity index (χ2n) is 7.14. The van der Waals surface area contributed by atoms with Crippen LogP contribution in [0.25, 0.3) is 0 Å². The number of halogens is 1. The molecule has 1 amide bonds. The van der Waals surface area contributed by atoms with E-state index in [1.807, 2.05) is 23.1 Å². The van der Waals surface area contributed by atoms with Crippen LogP contribution in [0.3, 0.4) is 0 Å². The Bertz CT molecular complexity index is 785. The number of amides is 1. The van der Waals surface area contributed by atoms with Gasteiger partial charge in [-0.25, -0.2) is 0 Å². The van der Waals surface area contributed by atoms with Crippen LogP contribution < -0.4 is 10.2 Å². The van der Waals surface area contributed by atoms with E-state index < -0.39 is 0 Å². The van der Waals surface area contributed by atoms with Gasteiger partial charge in [-0.2, -0.15) is 0 Å². The Kier molecular flexibility index (Phi) is 6.75. The molecule has 2 aromatic carbocycles. The molecule has 1 heterocycles. The van der Waals surface area contributed by atoms with E-state index in [2.05, 4.69) is 48.3 Å². The normalized spacial score (nSPS) is 14.5. The van der Waals surface area contributed by atoms with Crippen LogP contribution >= 0.6 is 11.6 Å². The first-order valence-electron chi connectivity index (χ1n) is 9.58. The lowest BCUT2D eigenvalue weighted by atomic mass is 10.1. The minimum Gasteiger partial charge on any atom is -0.368 e. The van der Waals surface area contributed by atoms with Gasteiger partial charge in [-0.1, -0.05) is 35.9 Å². The molecule has 0 aromatic heterocycles. The third-order valence-electron chi connectivity index (χ3n) is 5.30. The number of anilines is 1. The van der Waals surface area contributed by atoms with E-state index in [4.69, 9.17) is 11.6 Å². The van der Waals surface area contributed by atoms with Crippen LogP contribution in [-0.2, 0) is 11.2 Å². The Balaban J connectivity index is 1.41. The van der Waals surface area contributed by atoms with Crippen LogP contribution in [0.1, 0.15) is 16.7 Å². The van der Waals surface area contributed by atoms with E-state index in [1.165, 1.54) is 22.4 Å². The van der Waals surface area contributed by atoms with Crippen molar-refractivity contribution in [3.05, 3.63) is 64.2 Å². The number of piperazine rings is 1. The Morgan fingerprint density at radius 3 is 2.56 bits per heavy atom. The monoisotopic (exact) mass is 385 g/mol. The Labute approximate surface area is 167 Å². The summed E-state index contributed by atoms with van der Waals surface area (Å²) in [6.07, 6.45) is 0.869. The molecule has 3 rings (SSSR count). The standard InChI is InChI=1S/C22H28ClN3O/c1-17-5-3-8-21(18(17)2)25-11-13-26(14-12-25)22(27)16-24-10-9-19-6-4-7-20(23)15-19/h3-8,15,24H,9-14,16H2,1-2H3. The topological polar surface area (TPSA) is 35.6 Å². The number of nitrogens with zero attached hydrogens (tertiary/aromatic N) is 2. The second-order valence-corrected chi connectivity index (χ2v) is 7.58. The molecule has 1 N–H and O–H groups in total. The van der Waals surface area contributed by atoms with Crippen molar-refractivity contribution in [3.63, 3.8) is 0 Å². The lowest BCUT2D eigenvalue weighted by molar-refractivity contribution is -0.130. The highest BCUT2D eigenvalue weighted by atomic mass is 35.5. The van der Waals surface area contributed by atoms with Crippen molar-refractivity contribution < 1.29 is 4.79 Å². The van der Waals surface area contributed by atoms with Crippen LogP contribution in [0.2, 0.25) is 5.02 Å². The predicted molar refractivity (Wildman–Crippen MR) is 113 cm³/mol. The molecule has 1 aliphatic rings. The molecule has 1 saturated heterocycles. The molecule has 2 aromatic rings. The van der Waals surface area contributed by atoms with Gasteiger partial charge in [0.15, 0.2) is 0 Å². The van der Waals surface area contributed by atoms with Crippen LogP contribution in [0.4, 0.5) is 5.69 Å². The van der Waals surface area contributed by atoms with Gasteiger partial charge in [0.05, 0.1) is 6.54 Å². The summed E-state index contributed by atoms with van der Waals surface area (Å²) in [6, 6.07) is 14.3. The summed E-state index contributed by atoms with van der Waals surface area (Å²) in [5, 5.41) is 4.02. The number of aryl methyl sites for hydroxylation is 1. The number of carbonyl (C=O) groups excluding carboxylic acids is 1. The molecule has 5 heteroatoms. The van der Waals surface area contributed by atoms with Gasteiger partial charge in [0, 0.05) is 36.9 Å². The van der Waals surface area contributed by atoms with E-state index in [0.717, 1.165) is 44.2 Å². The molecular weight excluding hydrogens is 358 g/mol. The Morgan fingerprint density at radius 1 is 1.07 bits per heavy atom. The van der Waals surface area contributed by atoms with Crippen molar-refractivity contribution in [1.29, 1.82) is 0 Å². The maximum absolute atomic E-state index is 12.5. The summed E-state index contributed by atoms with van der Waals surface area (Å²) in [7, 11) is 0. The predicted octanol–water partition coefficient (Wildman–Crippen LogP) is 3.44. The third-order valence-corrected chi connectivity index (χ3v) is 5.54. The van der Waals surface area contributed by atoms with Gasteiger partial charge >= 0.3 is 0 Å². The third kappa shape index (κ3) is 5.24. The van der Waals surface area contributed by atoms with E-state index >= 15 is 0 Å². The summed E-state index contributed by atoms with van der Waals surface area (Å²) in [6.45, 7) is 8.82. The van der Waals surface area contributed by atoms with Gasteiger partial charge in [-0.3, -0.25) is 4.79 Å². The number of nitrogens with one attached hydrogen (secondary N) is 1. The lowest BCUT2D eigenvalue weighted by Gasteiger charge is -2.37. The molecule has 0 aliphatic carbocycles. The van der Waals surface area contributed by atoms with Gasteiger partial charge in [-0.05, 0) is 61.7 Å². The fraction of sp³-hybridized carbons (Fsp3) is 0.409. The zero-order valence-electron chi connectivity index (χ0n) is 16.2. The summed E-state index contributed by atoms with van der Waals surface area (Å²) < 4.78 is 0. The van der Waals surface area contributed by atoms with Crippen molar-refractivity contribution >= 4 is 23.2 Å². The Morgan fingerprint density at radius 2 is 1.81 bits per heavy atom. The van der Waals surface area contributed by atoms with Gasteiger partial charge in [-0.15, -0.1) is 0 Å². The summed E-state index contributed by atoms with van der Waals surface area (Å²) in [5.74, 6) is 0.182. The average molecular weight is 386 g/mol. The SMILES string of the molecule is Cc1cccc(N2CCN(C(=O)CNCCc3cccc(Cl)c3)CC2)c1C. The smallest absolute Gasteiger partial charge is 0.236 e. The summed E-state index contributed by atoms with van der Waals surface area (Å²) >= 11 is 6.00. The van der Waals surface area contributed by atoms with E-state index in [-0.39, 0.29) is 5.91 Å². The fourth-order valence-corrected chi connectivity index (χ4v) is 3.72. The molecule has 0 unspecified atom stereocenters. The summed E-state index contributed by atoms with van der Waals surface area (Å²) in [5.41, 5.74) is 5.13. The van der Waals surface area contributed by atoms with Crippen LogP contribution in [-0.4, -0.2) is 50.1 Å². The van der Waals surface area contributed by atoms with Gasteiger partial charge in [0.2, 0.25) is 5.91 Å². The highest BCUT2D eigenvalue weighted by Crippen LogP contribution is 2.23. The molecule has 4 nitrogen and oxygen atoms in total. The Hall–Kier alpha value is -2.04. The molecule has 0 atom stereocenters. The highest BCUT2D eigenvalue weighted by Gasteiger charge is 2.21. The maximum atomic E-state index is 12.5. The van der Waals surface area contributed by atoms with Gasteiger partial charge < -0.3 is 15.1 Å². The number of benzene rings is 2. The van der Waals surface area contributed by atoms with Crippen LogP contribution in [0.15, 0.2) is 42.5 Å². The van der Waals surface area contributed by atoms with Crippen molar-refractivity contribution in [3.8, 4) is 0 Å². The number of hydrogen-bond donors (Lipinski definition) is 1. The average Bonchev–Trinajstić information content (AvgIpc) is 2.67. The number of carbonyl (C=O) groups is 1. The molecule has 0 bridgehead atoms. The first kappa shape index (κ1) is 19.7. The maximum Gasteiger partial charge on any atom is 0.236 e. The molecule has 0 radical (unpaired) electrons. The quantitative estimate of drug-likeness (QED) is 0.774. The summed E-state index contributed by atoms with van der Waals surface area (Å²) in [4.78, 5) is 16.8. The fourth-order valence-electron chi connectivity index (χ4n) is 3.51. The van der Waals surface area contributed by atoms with E-state index in [1.54, 1.807) is 0 Å². The van der Waals surface area contributed by atoms with Crippen molar-refractivity contribution in [1.82, 2.24) is 10.2 Å². The first-order chi connectivity index (χ1) is 13.0. The van der Waals surface area contributed by atoms with Crippen LogP contribution in [0.5, 0.6) is 0 Å². The zero-order valence-corrected chi connectivity index (χ0v) is 16.9. The second kappa shape index (κ2) is 9.25. The molecule has 0 saturated carbocycles. The van der Waals surface area contributed by atoms with Crippen LogP contribution in [0, 0.1) is 13.8 Å². The van der Waals surface area contributed by atoms with E-state index in [9.17, 15) is 4.79 Å². The largest absolute Gasteiger partial charge is 0.368 e. The minimum absolute atomic E-state index is 0.182.